The van der Waals surface area contributed by atoms with Crippen LogP contribution in [0.2, 0.25) is 10.0 Å². The molecule has 2 aromatic carbocycles. The predicted molar refractivity (Wildman–Crippen MR) is 131 cm³/mol. The Labute approximate surface area is 210 Å². The normalized spacial score (nSPS) is 14.6. The first-order chi connectivity index (χ1) is 16.4. The summed E-state index contributed by atoms with van der Waals surface area (Å²) in [6, 6.07) is 6.45. The summed E-state index contributed by atoms with van der Waals surface area (Å²) in [7, 11) is 1.54. The molecule has 1 aliphatic heterocycles. The number of methoxy groups -OCH3 is 1. The van der Waals surface area contributed by atoms with Gasteiger partial charge in [-0.1, -0.05) is 34.8 Å². The van der Waals surface area contributed by atoms with Crippen molar-refractivity contribution in [2.45, 2.75) is 18.9 Å². The molecule has 1 aliphatic rings. The number of amides is 1. The first kappa shape index (κ1) is 24.3. The number of carbonyl (C=O) groups excluding carboxylic acids is 1. The maximum absolute atomic E-state index is 14.6. The second-order valence-electron chi connectivity index (χ2n) is 7.53. The zero-order valence-electron chi connectivity index (χ0n) is 18.0. The van der Waals surface area contributed by atoms with Crippen molar-refractivity contribution in [3.8, 4) is 11.5 Å². The van der Waals surface area contributed by atoms with E-state index < -0.39 is 5.82 Å². The van der Waals surface area contributed by atoms with E-state index in [0.717, 1.165) is 0 Å². The van der Waals surface area contributed by atoms with Crippen molar-refractivity contribution >= 4 is 63.1 Å². The smallest absolute Gasteiger partial charge is 0.247 e. The molecule has 7 nitrogen and oxygen atoms in total. The lowest BCUT2D eigenvalue weighted by Crippen LogP contribution is -2.41. The van der Waals surface area contributed by atoms with Gasteiger partial charge in [0.05, 0.1) is 28.4 Å². The number of rotatable bonds is 6. The zero-order chi connectivity index (χ0) is 24.2. The number of ether oxygens (including phenoxy) is 2. The molecular formula is C23H20Cl3FN4O3. The van der Waals surface area contributed by atoms with Crippen molar-refractivity contribution in [3.63, 3.8) is 0 Å². The number of likely N-dealkylation sites (tertiary alicyclic amines) is 1. The minimum Gasteiger partial charge on any atom is -0.493 e. The molecule has 1 fully saturated rings. The number of aromatic nitrogens is 2. The molecule has 1 N–H and O–H groups in total. The number of piperidine rings is 1. The Morgan fingerprint density at radius 1 is 1.21 bits per heavy atom. The van der Waals surface area contributed by atoms with Crippen molar-refractivity contribution in [2.24, 2.45) is 0 Å². The molecule has 1 amide bonds. The van der Waals surface area contributed by atoms with E-state index in [0.29, 0.717) is 54.2 Å². The molecule has 0 saturated carbocycles. The van der Waals surface area contributed by atoms with Crippen LogP contribution in [0, 0.1) is 5.82 Å². The molecule has 11 heteroatoms. The number of hydrogen-bond donors (Lipinski definition) is 1. The Hall–Kier alpha value is -2.81. The number of hydrogen-bond acceptors (Lipinski definition) is 6. The van der Waals surface area contributed by atoms with Crippen molar-refractivity contribution in [1.29, 1.82) is 0 Å². The third-order valence-electron chi connectivity index (χ3n) is 5.46. The summed E-state index contributed by atoms with van der Waals surface area (Å²) in [5.74, 6) is 0.549. The van der Waals surface area contributed by atoms with E-state index in [4.69, 9.17) is 44.3 Å². The molecule has 4 rings (SSSR count). The van der Waals surface area contributed by atoms with Crippen LogP contribution in [0.1, 0.15) is 12.8 Å². The van der Waals surface area contributed by atoms with Gasteiger partial charge in [-0.25, -0.2) is 14.4 Å². The maximum atomic E-state index is 14.6. The molecule has 1 aromatic heterocycles. The summed E-state index contributed by atoms with van der Waals surface area (Å²) < 4.78 is 26.3. The summed E-state index contributed by atoms with van der Waals surface area (Å²) in [6.07, 6.45) is 3.87. The molecule has 0 spiro atoms. The molecule has 1 saturated heterocycles. The molecular weight excluding hydrogens is 506 g/mol. The number of nitrogens with one attached hydrogen (secondary N) is 1. The van der Waals surface area contributed by atoms with Gasteiger partial charge in [0.1, 0.15) is 18.2 Å². The summed E-state index contributed by atoms with van der Waals surface area (Å²) in [6.45, 7) is 1.10. The van der Waals surface area contributed by atoms with Crippen LogP contribution < -0.4 is 14.8 Å². The van der Waals surface area contributed by atoms with Gasteiger partial charge in [0, 0.05) is 49.0 Å². The number of nitrogens with zero attached hydrogens (tertiary/aromatic N) is 3. The van der Waals surface area contributed by atoms with Gasteiger partial charge in [0.2, 0.25) is 5.91 Å². The maximum Gasteiger partial charge on any atom is 0.247 e. The topological polar surface area (TPSA) is 76.6 Å². The van der Waals surface area contributed by atoms with Crippen LogP contribution in [0.5, 0.6) is 11.5 Å². The third kappa shape index (κ3) is 5.14. The highest BCUT2D eigenvalue weighted by Gasteiger charge is 2.24. The summed E-state index contributed by atoms with van der Waals surface area (Å²) in [4.78, 5) is 22.3. The van der Waals surface area contributed by atoms with E-state index in [-0.39, 0.29) is 27.7 Å². The summed E-state index contributed by atoms with van der Waals surface area (Å²) in [5, 5.41) is 3.49. The summed E-state index contributed by atoms with van der Waals surface area (Å²) >= 11 is 17.3. The predicted octanol–water partition coefficient (Wildman–Crippen LogP) is 5.95. The molecule has 0 bridgehead atoms. The monoisotopic (exact) mass is 524 g/mol. The van der Waals surface area contributed by atoms with E-state index >= 15 is 0 Å². The average molecular weight is 526 g/mol. The van der Waals surface area contributed by atoms with Crippen molar-refractivity contribution < 1.29 is 18.7 Å². The van der Waals surface area contributed by atoms with E-state index in [1.165, 1.54) is 30.1 Å². The third-order valence-corrected chi connectivity index (χ3v) is 6.37. The quantitative estimate of drug-likeness (QED) is 0.317. The highest BCUT2D eigenvalue weighted by atomic mass is 35.5. The van der Waals surface area contributed by atoms with E-state index in [9.17, 15) is 9.18 Å². The van der Waals surface area contributed by atoms with Gasteiger partial charge >= 0.3 is 0 Å². The van der Waals surface area contributed by atoms with Crippen LogP contribution in [0.25, 0.3) is 10.9 Å². The Bertz CT molecular complexity index is 1250. The minimum atomic E-state index is -0.684. The van der Waals surface area contributed by atoms with E-state index in [2.05, 4.69) is 15.3 Å². The Balaban J connectivity index is 1.60. The van der Waals surface area contributed by atoms with Crippen molar-refractivity contribution in [3.05, 3.63) is 58.1 Å². The number of carbonyl (C=O) groups is 1. The number of benzene rings is 2. The van der Waals surface area contributed by atoms with Crippen LogP contribution >= 0.6 is 34.8 Å². The number of halogens is 4. The standard InChI is InChI=1S/C23H20Cl3FN4O3/c1-33-18-11-17-14(10-19(18)34-13-5-8-31(9-6-13)20(32)4-7-24)23(29-12-28-17)30-16-3-2-15(25)21(26)22(16)27/h2-4,7,10-13H,5-6,8-9H2,1H3,(H,28,29,30)/b7-4+. The Morgan fingerprint density at radius 2 is 1.97 bits per heavy atom. The highest BCUT2D eigenvalue weighted by molar-refractivity contribution is 6.42. The fraction of sp³-hybridized carbons (Fsp3) is 0.261. The zero-order valence-corrected chi connectivity index (χ0v) is 20.3. The van der Waals surface area contributed by atoms with Crippen LogP contribution in [-0.4, -0.2) is 47.1 Å². The van der Waals surface area contributed by atoms with E-state index in [1.54, 1.807) is 24.1 Å². The lowest BCUT2D eigenvalue weighted by atomic mass is 10.1. The summed E-state index contributed by atoms with van der Waals surface area (Å²) in [5.41, 5.74) is 1.91. The van der Waals surface area contributed by atoms with Gasteiger partial charge in [-0.15, -0.1) is 0 Å². The first-order valence-corrected chi connectivity index (χ1v) is 11.6. The van der Waals surface area contributed by atoms with Crippen LogP contribution in [-0.2, 0) is 4.79 Å². The van der Waals surface area contributed by atoms with Gasteiger partial charge in [0.25, 0.3) is 0 Å². The molecule has 0 atom stereocenters. The molecule has 0 radical (unpaired) electrons. The molecule has 0 unspecified atom stereocenters. The Kier molecular flexibility index (Phi) is 7.60. The van der Waals surface area contributed by atoms with Crippen LogP contribution in [0.4, 0.5) is 15.9 Å². The van der Waals surface area contributed by atoms with Gasteiger partial charge in [0.15, 0.2) is 17.3 Å². The second kappa shape index (κ2) is 10.6. The SMILES string of the molecule is COc1cc2ncnc(Nc3ccc(Cl)c(Cl)c3F)c2cc1OC1CCN(C(=O)/C=C/Cl)CC1. The van der Waals surface area contributed by atoms with Crippen molar-refractivity contribution in [1.82, 2.24) is 14.9 Å². The van der Waals surface area contributed by atoms with Crippen molar-refractivity contribution in [2.75, 3.05) is 25.5 Å². The number of anilines is 2. The van der Waals surface area contributed by atoms with Gasteiger partial charge in [-0.05, 0) is 18.2 Å². The largest absolute Gasteiger partial charge is 0.493 e. The minimum absolute atomic E-state index is 0.115. The lowest BCUT2D eigenvalue weighted by Gasteiger charge is -2.31. The van der Waals surface area contributed by atoms with Gasteiger partial charge in [-0.3, -0.25) is 4.79 Å². The lowest BCUT2D eigenvalue weighted by molar-refractivity contribution is -0.127. The van der Waals surface area contributed by atoms with Crippen LogP contribution in [0.15, 0.2) is 42.2 Å². The fourth-order valence-electron chi connectivity index (χ4n) is 3.70. The van der Waals surface area contributed by atoms with E-state index in [1.807, 2.05) is 0 Å². The number of fused-ring (bicyclic) bond motifs is 1. The van der Waals surface area contributed by atoms with Gasteiger partial charge in [-0.2, -0.15) is 0 Å². The molecule has 0 aliphatic carbocycles. The van der Waals surface area contributed by atoms with Gasteiger partial charge < -0.3 is 19.7 Å². The Morgan fingerprint density at radius 3 is 2.68 bits per heavy atom. The molecule has 2 heterocycles. The molecule has 34 heavy (non-hydrogen) atoms. The second-order valence-corrected chi connectivity index (χ2v) is 8.56. The molecule has 178 valence electrons. The highest BCUT2D eigenvalue weighted by Crippen LogP contribution is 2.37. The first-order valence-electron chi connectivity index (χ1n) is 10.4. The average Bonchev–Trinajstić information content (AvgIpc) is 2.85. The molecule has 3 aromatic rings. The fourth-order valence-corrected chi connectivity index (χ4v) is 4.12. The van der Waals surface area contributed by atoms with Crippen LogP contribution in [0.3, 0.4) is 0 Å².